The lowest BCUT2D eigenvalue weighted by atomic mass is 9.74. The molecule has 0 aliphatic carbocycles. The standard InChI is InChI=1S/C26H27N3O4/c1-18-4-3-5-20(14-18)16-27-12-10-26(11-13-27)17-28(22-7-6-19(2)15-21(22)26)25(30)23-8-9-24(33-23)29(31)32/h3-9,14-15H,10-13,16-17H2,1-2H3. The van der Waals surface area contributed by atoms with Gasteiger partial charge in [-0.2, -0.15) is 0 Å². The number of rotatable bonds is 4. The van der Waals surface area contributed by atoms with Crippen LogP contribution in [0.25, 0.3) is 0 Å². The van der Waals surface area contributed by atoms with Gasteiger partial charge in [0.1, 0.15) is 4.92 Å². The molecule has 2 aliphatic heterocycles. The Morgan fingerprint density at radius 1 is 1.06 bits per heavy atom. The maximum atomic E-state index is 13.3. The number of hydrogen-bond donors (Lipinski definition) is 0. The van der Waals surface area contributed by atoms with Crippen molar-refractivity contribution in [3.63, 3.8) is 0 Å². The SMILES string of the molecule is Cc1cccc(CN2CCC3(CC2)CN(C(=O)c2ccc([N+](=O)[O-])o2)c2ccc(C)cc23)c1. The number of hydrogen-bond acceptors (Lipinski definition) is 5. The molecular weight excluding hydrogens is 418 g/mol. The lowest BCUT2D eigenvalue weighted by Gasteiger charge is -2.40. The largest absolute Gasteiger partial charge is 0.433 e. The van der Waals surface area contributed by atoms with Crippen LogP contribution in [0.15, 0.2) is 59.0 Å². The van der Waals surface area contributed by atoms with Crippen LogP contribution < -0.4 is 4.90 Å². The molecular formula is C26H27N3O4. The average Bonchev–Trinajstić information content (AvgIpc) is 3.40. The predicted molar refractivity (Wildman–Crippen MR) is 126 cm³/mol. The summed E-state index contributed by atoms with van der Waals surface area (Å²) in [4.78, 5) is 27.9. The minimum atomic E-state index is -0.622. The first kappa shape index (κ1) is 21.4. The smallest absolute Gasteiger partial charge is 0.395 e. The number of nitrogens with zero attached hydrogens (tertiary/aromatic N) is 3. The van der Waals surface area contributed by atoms with Crippen molar-refractivity contribution in [3.8, 4) is 0 Å². The first-order valence-electron chi connectivity index (χ1n) is 11.3. The normalized spacial score (nSPS) is 17.3. The van der Waals surface area contributed by atoms with Crippen LogP contribution >= 0.6 is 0 Å². The summed E-state index contributed by atoms with van der Waals surface area (Å²) in [5.41, 5.74) is 5.74. The molecule has 5 rings (SSSR count). The number of benzene rings is 2. The van der Waals surface area contributed by atoms with E-state index < -0.39 is 10.8 Å². The van der Waals surface area contributed by atoms with Crippen molar-refractivity contribution in [2.75, 3.05) is 24.5 Å². The van der Waals surface area contributed by atoms with Crippen molar-refractivity contribution in [2.24, 2.45) is 0 Å². The fraction of sp³-hybridized carbons (Fsp3) is 0.346. The van der Waals surface area contributed by atoms with E-state index in [1.807, 2.05) is 12.1 Å². The molecule has 7 heteroatoms. The molecule has 1 aromatic heterocycles. The minimum Gasteiger partial charge on any atom is -0.395 e. The maximum Gasteiger partial charge on any atom is 0.433 e. The number of carbonyl (C=O) groups is 1. The highest BCUT2D eigenvalue weighted by Gasteiger charge is 2.47. The average molecular weight is 446 g/mol. The number of anilines is 1. The Morgan fingerprint density at radius 2 is 1.82 bits per heavy atom. The fourth-order valence-corrected chi connectivity index (χ4v) is 5.27. The molecule has 0 saturated carbocycles. The Bertz CT molecular complexity index is 1220. The monoisotopic (exact) mass is 445 g/mol. The second kappa shape index (κ2) is 8.15. The molecule has 2 aliphatic rings. The molecule has 0 radical (unpaired) electrons. The molecule has 7 nitrogen and oxygen atoms in total. The number of fused-ring (bicyclic) bond motifs is 2. The number of furan rings is 1. The van der Waals surface area contributed by atoms with E-state index in [4.69, 9.17) is 4.42 Å². The molecule has 3 heterocycles. The molecule has 0 N–H and O–H groups in total. The Balaban J connectivity index is 1.38. The fourth-order valence-electron chi connectivity index (χ4n) is 5.27. The van der Waals surface area contributed by atoms with Gasteiger partial charge in [0.05, 0.1) is 6.07 Å². The Hall–Kier alpha value is -3.45. The van der Waals surface area contributed by atoms with E-state index in [1.165, 1.54) is 34.4 Å². The summed E-state index contributed by atoms with van der Waals surface area (Å²) < 4.78 is 5.23. The zero-order valence-electron chi connectivity index (χ0n) is 18.9. The van der Waals surface area contributed by atoms with Crippen LogP contribution in [0.1, 0.15) is 45.7 Å². The van der Waals surface area contributed by atoms with Crippen molar-refractivity contribution >= 4 is 17.5 Å². The van der Waals surface area contributed by atoms with Gasteiger partial charge in [-0.25, -0.2) is 0 Å². The minimum absolute atomic E-state index is 0.00200. The third-order valence-corrected chi connectivity index (χ3v) is 7.00. The van der Waals surface area contributed by atoms with Crippen molar-refractivity contribution in [1.29, 1.82) is 0 Å². The highest BCUT2D eigenvalue weighted by molar-refractivity contribution is 6.06. The molecule has 0 unspecified atom stereocenters. The topological polar surface area (TPSA) is 79.8 Å². The van der Waals surface area contributed by atoms with Gasteiger partial charge < -0.3 is 9.32 Å². The van der Waals surface area contributed by atoms with Crippen LogP contribution in [-0.2, 0) is 12.0 Å². The second-order valence-corrected chi connectivity index (χ2v) is 9.35. The molecule has 1 fully saturated rings. The number of aryl methyl sites for hydroxylation is 2. The van der Waals surface area contributed by atoms with E-state index in [0.717, 1.165) is 38.2 Å². The Kier molecular flexibility index (Phi) is 5.29. The third-order valence-electron chi connectivity index (χ3n) is 7.00. The lowest BCUT2D eigenvalue weighted by molar-refractivity contribution is -0.402. The lowest BCUT2D eigenvalue weighted by Crippen LogP contribution is -2.45. The number of amides is 1. The van der Waals surface area contributed by atoms with Gasteiger partial charge in [-0.3, -0.25) is 19.8 Å². The van der Waals surface area contributed by atoms with E-state index in [-0.39, 0.29) is 17.1 Å². The Labute approximate surface area is 192 Å². The van der Waals surface area contributed by atoms with Crippen molar-refractivity contribution in [3.05, 3.63) is 92.7 Å². The molecule has 170 valence electrons. The third kappa shape index (κ3) is 3.93. The summed E-state index contributed by atoms with van der Waals surface area (Å²) in [5.74, 6) is -0.740. The van der Waals surface area contributed by atoms with E-state index in [1.54, 1.807) is 4.90 Å². The summed E-state index contributed by atoms with van der Waals surface area (Å²) in [7, 11) is 0. The summed E-state index contributed by atoms with van der Waals surface area (Å²) in [6.45, 7) is 7.59. The van der Waals surface area contributed by atoms with E-state index in [0.29, 0.717) is 6.54 Å². The maximum absolute atomic E-state index is 13.3. The van der Waals surface area contributed by atoms with Gasteiger partial charge in [-0.1, -0.05) is 47.5 Å². The highest BCUT2D eigenvalue weighted by Crippen LogP contribution is 2.48. The molecule has 1 spiro atoms. The number of nitro groups is 1. The van der Waals surface area contributed by atoms with Gasteiger partial charge in [0.15, 0.2) is 5.76 Å². The molecule has 2 aromatic carbocycles. The van der Waals surface area contributed by atoms with Crippen molar-refractivity contribution in [2.45, 2.75) is 38.6 Å². The highest BCUT2D eigenvalue weighted by atomic mass is 16.6. The number of piperidine rings is 1. The number of carbonyl (C=O) groups excluding carboxylic acids is 1. The van der Waals surface area contributed by atoms with E-state index >= 15 is 0 Å². The second-order valence-electron chi connectivity index (χ2n) is 9.35. The van der Waals surface area contributed by atoms with Crippen LogP contribution in [0.4, 0.5) is 11.6 Å². The van der Waals surface area contributed by atoms with Crippen molar-refractivity contribution in [1.82, 2.24) is 4.90 Å². The van der Waals surface area contributed by atoms with E-state index in [2.05, 4.69) is 49.1 Å². The van der Waals surface area contributed by atoms with Crippen LogP contribution in [0, 0.1) is 24.0 Å². The summed E-state index contributed by atoms with van der Waals surface area (Å²) >= 11 is 0. The zero-order chi connectivity index (χ0) is 23.2. The van der Waals surface area contributed by atoms with Crippen LogP contribution in [0.2, 0.25) is 0 Å². The summed E-state index contributed by atoms with van der Waals surface area (Å²) in [5, 5.41) is 11.0. The molecule has 1 saturated heterocycles. The summed E-state index contributed by atoms with van der Waals surface area (Å²) in [6, 6.07) is 17.5. The van der Waals surface area contributed by atoms with Gasteiger partial charge in [0.25, 0.3) is 5.91 Å². The van der Waals surface area contributed by atoms with Gasteiger partial charge in [-0.05, 0) is 63.0 Å². The summed E-state index contributed by atoms with van der Waals surface area (Å²) in [6.07, 6.45) is 1.91. The van der Waals surface area contributed by atoms with Gasteiger partial charge in [-0.15, -0.1) is 0 Å². The van der Waals surface area contributed by atoms with Crippen molar-refractivity contribution < 1.29 is 14.1 Å². The quantitative estimate of drug-likeness (QED) is 0.417. The first-order chi connectivity index (χ1) is 15.8. The molecule has 1 amide bonds. The Morgan fingerprint density at radius 3 is 2.52 bits per heavy atom. The van der Waals surface area contributed by atoms with Crippen LogP contribution in [0.3, 0.4) is 0 Å². The molecule has 33 heavy (non-hydrogen) atoms. The zero-order valence-corrected chi connectivity index (χ0v) is 18.9. The van der Waals surface area contributed by atoms with Crippen LogP contribution in [0.5, 0.6) is 0 Å². The van der Waals surface area contributed by atoms with Crippen LogP contribution in [-0.4, -0.2) is 35.4 Å². The van der Waals surface area contributed by atoms with Gasteiger partial charge in [0, 0.05) is 24.2 Å². The first-order valence-corrected chi connectivity index (χ1v) is 11.3. The molecule has 3 aromatic rings. The van der Waals surface area contributed by atoms with Gasteiger partial charge in [0.2, 0.25) is 0 Å². The van der Waals surface area contributed by atoms with E-state index in [9.17, 15) is 14.9 Å². The molecule has 0 atom stereocenters. The van der Waals surface area contributed by atoms with Gasteiger partial charge >= 0.3 is 5.88 Å². The molecule has 0 bridgehead atoms. The number of likely N-dealkylation sites (tertiary alicyclic amines) is 1. The predicted octanol–water partition coefficient (Wildman–Crippen LogP) is 5.00.